The molecule has 0 heterocycles. The van der Waals surface area contributed by atoms with Gasteiger partial charge in [0.05, 0.1) is 0 Å². The molecule has 0 aromatic heterocycles. The molecule has 0 radical (unpaired) electrons. The summed E-state index contributed by atoms with van der Waals surface area (Å²) in [6, 6.07) is 0. The average Bonchev–Trinajstić information content (AvgIpc) is 1.66. The number of hydrogen-bond donors (Lipinski definition) is 1. The maximum atomic E-state index is 9.00. The molecule has 0 aliphatic heterocycles. The fraction of sp³-hybridized carbons (Fsp3) is 0.833. The first kappa shape index (κ1) is 16.6. The Balaban J connectivity index is -0.0000000910. The predicted molar refractivity (Wildman–Crippen MR) is 35.5 cm³/mol. The van der Waals surface area contributed by atoms with Crippen LogP contribution in [0.4, 0.5) is 0 Å². The van der Waals surface area contributed by atoms with Gasteiger partial charge in [0.1, 0.15) is 0 Å². The summed E-state index contributed by atoms with van der Waals surface area (Å²) in [5.74, 6) is -0.833. The van der Waals surface area contributed by atoms with Gasteiger partial charge in [0.15, 0.2) is 0 Å². The molecule has 0 aliphatic carbocycles. The summed E-state index contributed by atoms with van der Waals surface area (Å²) in [5.41, 5.74) is 0. The Bertz CT molecular complexity index is 60.0. The van der Waals surface area contributed by atoms with E-state index < -0.39 is 5.97 Å². The first-order valence-electron chi connectivity index (χ1n) is 2.92. The van der Waals surface area contributed by atoms with Gasteiger partial charge in [0.2, 0.25) is 0 Å². The van der Waals surface area contributed by atoms with Crippen molar-refractivity contribution in [2.24, 2.45) is 0 Å². The van der Waals surface area contributed by atoms with Crippen LogP contribution in [0.1, 0.15) is 20.8 Å². The van der Waals surface area contributed by atoms with Crippen molar-refractivity contribution in [3.63, 3.8) is 0 Å². The Morgan fingerprint density at radius 1 is 1.40 bits per heavy atom. The second kappa shape index (κ2) is 16.0. The summed E-state index contributed by atoms with van der Waals surface area (Å²) in [4.78, 5) is 9.00. The van der Waals surface area contributed by atoms with Crippen LogP contribution in [0.5, 0.6) is 0 Å². The summed E-state index contributed by atoms with van der Waals surface area (Å²) < 4.78 is 4.83. The molecule has 0 atom stereocenters. The van der Waals surface area contributed by atoms with Gasteiger partial charge < -0.3 is 9.84 Å². The molecule has 0 rings (SSSR count). The zero-order chi connectivity index (χ0) is 7.70. The van der Waals surface area contributed by atoms with E-state index in [0.717, 1.165) is 20.1 Å². The van der Waals surface area contributed by atoms with Crippen LogP contribution >= 0.6 is 0 Å². The average molecular weight is 200 g/mol. The minimum Gasteiger partial charge on any atom is -0.481 e. The Labute approximate surface area is 74.5 Å². The van der Waals surface area contributed by atoms with E-state index >= 15 is 0 Å². The normalized spacial score (nSPS) is 6.70. The molecule has 0 aromatic carbocycles. The van der Waals surface area contributed by atoms with E-state index in [0.29, 0.717) is 0 Å². The second-order valence-corrected chi connectivity index (χ2v) is 1.30. The van der Waals surface area contributed by atoms with Gasteiger partial charge in [-0.2, -0.15) is 0 Å². The number of rotatable bonds is 2. The number of ether oxygens (including phenoxy) is 1. The number of hydrogen-bond acceptors (Lipinski definition) is 2. The van der Waals surface area contributed by atoms with Gasteiger partial charge in [0.25, 0.3) is 5.97 Å². The molecule has 58 valence electrons. The van der Waals surface area contributed by atoms with Gasteiger partial charge in [-0.3, -0.25) is 4.79 Å². The van der Waals surface area contributed by atoms with E-state index in [1.54, 1.807) is 0 Å². The molecule has 0 amide bonds. The van der Waals surface area contributed by atoms with Crippen LogP contribution in [0.3, 0.4) is 0 Å². The molecule has 0 bridgehead atoms. The van der Waals surface area contributed by atoms with Crippen molar-refractivity contribution in [1.29, 1.82) is 0 Å². The maximum absolute atomic E-state index is 9.00. The molecule has 0 aliphatic rings. The largest absolute Gasteiger partial charge is 0.481 e. The summed E-state index contributed by atoms with van der Waals surface area (Å²) in [6.07, 6.45) is 0. The van der Waals surface area contributed by atoms with Crippen molar-refractivity contribution >= 4 is 5.97 Å². The molecule has 0 aromatic rings. The third-order valence-electron chi connectivity index (χ3n) is 0.408. The zero-order valence-corrected chi connectivity index (χ0v) is 9.85. The standard InChI is InChI=1S/C4H10O.C2H4O2.Zn/c1-3-5-4-2;1-2(3)4;/h3-4H2,1-2H3;1H3,(H,3,4);. The third kappa shape index (κ3) is 95.0. The topological polar surface area (TPSA) is 46.5 Å². The molecule has 3 nitrogen and oxygen atoms in total. The van der Waals surface area contributed by atoms with Gasteiger partial charge in [-0.1, -0.05) is 0 Å². The monoisotopic (exact) mass is 198 g/mol. The van der Waals surface area contributed by atoms with Gasteiger partial charge >= 0.3 is 0 Å². The Morgan fingerprint density at radius 2 is 1.60 bits per heavy atom. The van der Waals surface area contributed by atoms with Gasteiger partial charge in [-0.05, 0) is 13.8 Å². The van der Waals surface area contributed by atoms with Crippen molar-refractivity contribution in [2.45, 2.75) is 20.8 Å². The van der Waals surface area contributed by atoms with Crippen LogP contribution < -0.4 is 0 Å². The number of carboxylic acid groups (broad SMARTS) is 1. The van der Waals surface area contributed by atoms with Crippen LogP contribution in [0.15, 0.2) is 0 Å². The molecule has 0 fully saturated rings. The van der Waals surface area contributed by atoms with Crippen LogP contribution in [0.25, 0.3) is 0 Å². The van der Waals surface area contributed by atoms with Crippen LogP contribution in [-0.4, -0.2) is 24.3 Å². The smallest absolute Gasteiger partial charge is 0.300 e. The Hall–Kier alpha value is 0.0534. The summed E-state index contributed by atoms with van der Waals surface area (Å²) >= 11 is 0. The Kier molecular flexibility index (Phi) is 26.5. The quantitative estimate of drug-likeness (QED) is 0.679. The first-order chi connectivity index (χ1) is 4.15. The number of aliphatic carboxylic acids is 1. The minimum absolute atomic E-state index is 0. The van der Waals surface area contributed by atoms with Crippen molar-refractivity contribution in [3.8, 4) is 0 Å². The molecule has 10 heavy (non-hydrogen) atoms. The van der Waals surface area contributed by atoms with Gasteiger partial charge in [-0.15, -0.1) is 0 Å². The first-order valence-corrected chi connectivity index (χ1v) is 2.92. The fourth-order valence-electron chi connectivity index (χ4n) is 0.204. The third-order valence-corrected chi connectivity index (χ3v) is 0.408. The van der Waals surface area contributed by atoms with E-state index in [1.165, 1.54) is 0 Å². The summed E-state index contributed by atoms with van der Waals surface area (Å²) in [5, 5.41) is 7.42. The van der Waals surface area contributed by atoms with Crippen LogP contribution in [0.2, 0.25) is 0 Å². The molecule has 0 spiro atoms. The zero-order valence-electron chi connectivity index (χ0n) is 6.89. The van der Waals surface area contributed by atoms with Crippen molar-refractivity contribution in [1.82, 2.24) is 0 Å². The van der Waals surface area contributed by atoms with Crippen LogP contribution in [0, 0.1) is 0 Å². The minimum atomic E-state index is -0.833. The molecule has 4 heteroatoms. The maximum Gasteiger partial charge on any atom is 0.300 e. The van der Waals surface area contributed by atoms with Crippen molar-refractivity contribution in [3.05, 3.63) is 0 Å². The van der Waals surface area contributed by atoms with E-state index in [-0.39, 0.29) is 19.5 Å². The predicted octanol–water partition coefficient (Wildman–Crippen LogP) is 1.13. The molecular formula is C6H14O3Zn. The van der Waals surface area contributed by atoms with Crippen molar-refractivity contribution < 1.29 is 34.1 Å². The summed E-state index contributed by atoms with van der Waals surface area (Å²) in [7, 11) is 0. The SMILES string of the molecule is CC(=O)O.CCOCC.[Zn]. The van der Waals surface area contributed by atoms with E-state index in [4.69, 9.17) is 14.6 Å². The Morgan fingerprint density at radius 3 is 1.60 bits per heavy atom. The second-order valence-electron chi connectivity index (χ2n) is 1.30. The molecular weight excluding hydrogens is 185 g/mol. The van der Waals surface area contributed by atoms with E-state index in [9.17, 15) is 0 Å². The van der Waals surface area contributed by atoms with Crippen molar-refractivity contribution in [2.75, 3.05) is 13.2 Å². The number of carboxylic acids is 1. The fourth-order valence-corrected chi connectivity index (χ4v) is 0.204. The van der Waals surface area contributed by atoms with Gasteiger partial charge in [0, 0.05) is 39.6 Å². The molecule has 0 saturated carbocycles. The summed E-state index contributed by atoms with van der Waals surface area (Å²) in [6.45, 7) is 6.75. The molecule has 0 saturated heterocycles. The molecule has 0 unspecified atom stereocenters. The van der Waals surface area contributed by atoms with Gasteiger partial charge in [-0.25, -0.2) is 0 Å². The molecule has 1 N–H and O–H groups in total. The van der Waals surface area contributed by atoms with Crippen LogP contribution in [-0.2, 0) is 29.0 Å². The van der Waals surface area contributed by atoms with E-state index in [2.05, 4.69) is 0 Å². The number of carbonyl (C=O) groups is 1. The van der Waals surface area contributed by atoms with E-state index in [1.807, 2.05) is 13.8 Å².